The standard InChI is InChI=1S/C16H28N2O/c1-14-8-4-5-9-15(14)16(17)10-12-18(2)11-6-3-7-13-19/h4-5,8-9,16,19H,3,6-7,10-13,17H2,1-2H3. The van der Waals surface area contributed by atoms with Crippen LogP contribution in [0.2, 0.25) is 0 Å². The molecule has 0 aliphatic heterocycles. The Morgan fingerprint density at radius 2 is 1.89 bits per heavy atom. The van der Waals surface area contributed by atoms with Crippen LogP contribution in [0.25, 0.3) is 0 Å². The first kappa shape index (κ1) is 16.2. The molecule has 3 heteroatoms. The molecule has 1 unspecified atom stereocenters. The normalized spacial score (nSPS) is 12.9. The molecule has 0 radical (unpaired) electrons. The van der Waals surface area contributed by atoms with E-state index in [2.05, 4.69) is 43.1 Å². The van der Waals surface area contributed by atoms with Crippen molar-refractivity contribution >= 4 is 0 Å². The predicted octanol–water partition coefficient (Wildman–Crippen LogP) is 2.48. The second-order valence-electron chi connectivity index (χ2n) is 5.34. The summed E-state index contributed by atoms with van der Waals surface area (Å²) in [5, 5.41) is 8.73. The lowest BCUT2D eigenvalue weighted by Crippen LogP contribution is -2.25. The number of nitrogens with zero attached hydrogens (tertiary/aromatic N) is 1. The van der Waals surface area contributed by atoms with E-state index in [0.29, 0.717) is 6.61 Å². The van der Waals surface area contributed by atoms with Gasteiger partial charge in [-0.3, -0.25) is 0 Å². The fourth-order valence-electron chi connectivity index (χ4n) is 2.30. The number of aliphatic hydroxyl groups is 1. The fraction of sp³-hybridized carbons (Fsp3) is 0.625. The summed E-state index contributed by atoms with van der Waals surface area (Å²) in [7, 11) is 2.14. The van der Waals surface area contributed by atoms with Gasteiger partial charge in [-0.05, 0) is 63.9 Å². The first-order chi connectivity index (χ1) is 9.15. The second-order valence-corrected chi connectivity index (χ2v) is 5.34. The summed E-state index contributed by atoms with van der Waals surface area (Å²) in [4.78, 5) is 2.33. The minimum Gasteiger partial charge on any atom is -0.396 e. The molecule has 0 aliphatic rings. The summed E-state index contributed by atoms with van der Waals surface area (Å²) in [5.74, 6) is 0. The summed E-state index contributed by atoms with van der Waals surface area (Å²) < 4.78 is 0. The highest BCUT2D eigenvalue weighted by Crippen LogP contribution is 2.18. The van der Waals surface area contributed by atoms with Gasteiger partial charge >= 0.3 is 0 Å². The Bertz CT molecular complexity index is 354. The largest absolute Gasteiger partial charge is 0.396 e. The van der Waals surface area contributed by atoms with Crippen LogP contribution in [0.15, 0.2) is 24.3 Å². The van der Waals surface area contributed by atoms with Crippen molar-refractivity contribution in [3.05, 3.63) is 35.4 Å². The molecule has 3 N–H and O–H groups in total. The molecule has 0 heterocycles. The van der Waals surface area contributed by atoms with Gasteiger partial charge in [0, 0.05) is 12.6 Å². The molecule has 0 spiro atoms. The van der Waals surface area contributed by atoms with Crippen molar-refractivity contribution in [3.63, 3.8) is 0 Å². The highest BCUT2D eigenvalue weighted by Gasteiger charge is 2.09. The fourth-order valence-corrected chi connectivity index (χ4v) is 2.30. The molecule has 1 aromatic rings. The summed E-state index contributed by atoms with van der Waals surface area (Å²) in [6.07, 6.45) is 4.15. The van der Waals surface area contributed by atoms with Crippen molar-refractivity contribution in [2.45, 2.75) is 38.6 Å². The van der Waals surface area contributed by atoms with E-state index >= 15 is 0 Å². The van der Waals surface area contributed by atoms with Gasteiger partial charge in [0.1, 0.15) is 0 Å². The zero-order valence-corrected chi connectivity index (χ0v) is 12.3. The molecule has 19 heavy (non-hydrogen) atoms. The van der Waals surface area contributed by atoms with Crippen LogP contribution in [0.3, 0.4) is 0 Å². The van der Waals surface area contributed by atoms with Crippen LogP contribution >= 0.6 is 0 Å². The number of rotatable bonds is 9. The van der Waals surface area contributed by atoms with Gasteiger partial charge in [0.15, 0.2) is 0 Å². The smallest absolute Gasteiger partial charge is 0.0431 e. The summed E-state index contributed by atoms with van der Waals surface area (Å²) in [5.41, 5.74) is 8.80. The van der Waals surface area contributed by atoms with Crippen LogP contribution in [0.5, 0.6) is 0 Å². The quantitative estimate of drug-likeness (QED) is 0.674. The van der Waals surface area contributed by atoms with Gasteiger partial charge < -0.3 is 15.7 Å². The van der Waals surface area contributed by atoms with E-state index < -0.39 is 0 Å². The Morgan fingerprint density at radius 1 is 1.16 bits per heavy atom. The lowest BCUT2D eigenvalue weighted by atomic mass is 9.99. The van der Waals surface area contributed by atoms with E-state index in [4.69, 9.17) is 10.8 Å². The zero-order valence-electron chi connectivity index (χ0n) is 12.3. The van der Waals surface area contributed by atoms with Crippen molar-refractivity contribution in [1.29, 1.82) is 0 Å². The third-order valence-corrected chi connectivity index (χ3v) is 3.61. The number of aryl methyl sites for hydroxylation is 1. The molecule has 1 atom stereocenters. The molecular weight excluding hydrogens is 236 g/mol. The molecule has 0 saturated heterocycles. The Kier molecular flexibility index (Phi) is 7.72. The predicted molar refractivity (Wildman–Crippen MR) is 81.2 cm³/mol. The number of hydrogen-bond acceptors (Lipinski definition) is 3. The van der Waals surface area contributed by atoms with Gasteiger partial charge in [-0.1, -0.05) is 24.3 Å². The molecule has 3 nitrogen and oxygen atoms in total. The summed E-state index contributed by atoms with van der Waals surface area (Å²) >= 11 is 0. The number of unbranched alkanes of at least 4 members (excludes halogenated alkanes) is 2. The molecule has 0 fully saturated rings. The molecule has 1 rings (SSSR count). The maximum Gasteiger partial charge on any atom is 0.0431 e. The lowest BCUT2D eigenvalue weighted by molar-refractivity contribution is 0.270. The van der Waals surface area contributed by atoms with Crippen LogP contribution in [-0.4, -0.2) is 36.8 Å². The molecule has 0 saturated carbocycles. The molecule has 1 aromatic carbocycles. The van der Waals surface area contributed by atoms with E-state index in [1.807, 2.05) is 0 Å². The molecular formula is C16H28N2O. The average molecular weight is 264 g/mol. The topological polar surface area (TPSA) is 49.5 Å². The lowest BCUT2D eigenvalue weighted by Gasteiger charge is -2.20. The van der Waals surface area contributed by atoms with Gasteiger partial charge in [-0.15, -0.1) is 0 Å². The van der Waals surface area contributed by atoms with Gasteiger partial charge in [-0.25, -0.2) is 0 Å². The summed E-state index contributed by atoms with van der Waals surface area (Å²) in [6.45, 7) is 4.53. The van der Waals surface area contributed by atoms with Crippen molar-refractivity contribution in [3.8, 4) is 0 Å². The van der Waals surface area contributed by atoms with Crippen molar-refractivity contribution in [2.24, 2.45) is 5.73 Å². The first-order valence-electron chi connectivity index (χ1n) is 7.25. The number of benzene rings is 1. The summed E-state index contributed by atoms with van der Waals surface area (Å²) in [6, 6.07) is 8.48. The van der Waals surface area contributed by atoms with Gasteiger partial charge in [0.05, 0.1) is 0 Å². The molecule has 0 aromatic heterocycles. The van der Waals surface area contributed by atoms with Crippen molar-refractivity contribution < 1.29 is 5.11 Å². The zero-order chi connectivity index (χ0) is 14.1. The van der Waals surface area contributed by atoms with Gasteiger partial charge in [-0.2, -0.15) is 0 Å². The SMILES string of the molecule is Cc1ccccc1C(N)CCN(C)CCCCCO. The van der Waals surface area contributed by atoms with Crippen LogP contribution in [0, 0.1) is 6.92 Å². The van der Waals surface area contributed by atoms with E-state index in [-0.39, 0.29) is 6.04 Å². The Labute approximate surface area is 117 Å². The molecule has 0 bridgehead atoms. The van der Waals surface area contributed by atoms with Gasteiger partial charge in [0.2, 0.25) is 0 Å². The highest BCUT2D eigenvalue weighted by molar-refractivity contribution is 5.28. The molecule has 0 amide bonds. The van der Waals surface area contributed by atoms with Crippen molar-refractivity contribution in [1.82, 2.24) is 4.90 Å². The number of aliphatic hydroxyl groups excluding tert-OH is 1. The minimum atomic E-state index is 0.126. The van der Waals surface area contributed by atoms with E-state index in [0.717, 1.165) is 38.8 Å². The maximum absolute atomic E-state index is 8.73. The molecule has 0 aliphatic carbocycles. The third kappa shape index (κ3) is 6.19. The van der Waals surface area contributed by atoms with E-state index in [9.17, 15) is 0 Å². The molecule has 108 valence electrons. The average Bonchev–Trinajstić information content (AvgIpc) is 2.41. The highest BCUT2D eigenvalue weighted by atomic mass is 16.2. The van der Waals surface area contributed by atoms with Crippen molar-refractivity contribution in [2.75, 3.05) is 26.7 Å². The Hall–Kier alpha value is -0.900. The Morgan fingerprint density at radius 3 is 2.58 bits per heavy atom. The third-order valence-electron chi connectivity index (χ3n) is 3.61. The Balaban J connectivity index is 2.26. The monoisotopic (exact) mass is 264 g/mol. The second kappa shape index (κ2) is 9.08. The maximum atomic E-state index is 8.73. The van der Waals surface area contributed by atoms with Crippen LogP contribution in [0.4, 0.5) is 0 Å². The van der Waals surface area contributed by atoms with Gasteiger partial charge in [0.25, 0.3) is 0 Å². The van der Waals surface area contributed by atoms with Crippen LogP contribution < -0.4 is 5.73 Å². The van der Waals surface area contributed by atoms with Crippen LogP contribution in [0.1, 0.15) is 42.9 Å². The minimum absolute atomic E-state index is 0.126. The van der Waals surface area contributed by atoms with E-state index in [1.165, 1.54) is 11.1 Å². The van der Waals surface area contributed by atoms with Crippen LogP contribution in [-0.2, 0) is 0 Å². The number of nitrogens with two attached hydrogens (primary N) is 1. The number of hydrogen-bond donors (Lipinski definition) is 2. The first-order valence-corrected chi connectivity index (χ1v) is 7.25. The van der Waals surface area contributed by atoms with E-state index in [1.54, 1.807) is 0 Å².